The Kier molecular flexibility index (Phi) is 7.07. The zero-order chi connectivity index (χ0) is 12.3. The Bertz CT molecular complexity index is 311. The second-order valence-electron chi connectivity index (χ2n) is 3.90. The Morgan fingerprint density at radius 2 is 2.06 bits per heavy atom. The van der Waals surface area contributed by atoms with Crippen LogP contribution in [-0.4, -0.2) is 38.0 Å². The second kappa shape index (κ2) is 8.76. The highest BCUT2D eigenvalue weighted by molar-refractivity contribution is 5.57. The van der Waals surface area contributed by atoms with E-state index in [2.05, 4.69) is 29.4 Å². The lowest BCUT2D eigenvalue weighted by Gasteiger charge is -2.11. The highest BCUT2D eigenvalue weighted by atomic mass is 16.5. The summed E-state index contributed by atoms with van der Waals surface area (Å²) in [6.07, 6.45) is 3.99. The van der Waals surface area contributed by atoms with E-state index in [4.69, 9.17) is 4.74 Å². The summed E-state index contributed by atoms with van der Waals surface area (Å²) in [6, 6.07) is 10.5. The smallest absolute Gasteiger partial charge is 0.0658 e. The molecule has 0 amide bonds. The molecule has 0 bridgehead atoms. The Labute approximate surface area is 104 Å². The normalized spacial score (nSPS) is 10.9. The van der Waals surface area contributed by atoms with Crippen LogP contribution in [0.4, 0.5) is 0 Å². The van der Waals surface area contributed by atoms with Gasteiger partial charge in [-0.05, 0) is 25.3 Å². The molecule has 0 aliphatic carbocycles. The molecule has 0 unspecified atom stereocenters. The van der Waals surface area contributed by atoms with Gasteiger partial charge in [0, 0.05) is 19.9 Å². The number of nitrogens with zero attached hydrogens (tertiary/aromatic N) is 2. The maximum absolute atomic E-state index is 5.26. The maximum Gasteiger partial charge on any atom is 0.0658 e. The van der Waals surface area contributed by atoms with E-state index in [1.54, 1.807) is 0 Å². The van der Waals surface area contributed by atoms with Gasteiger partial charge in [0.2, 0.25) is 0 Å². The first-order valence-electron chi connectivity index (χ1n) is 6.18. The highest BCUT2D eigenvalue weighted by Gasteiger charge is 1.92. The number of aryl methyl sites for hydroxylation is 1. The molecule has 3 nitrogen and oxygen atoms in total. The van der Waals surface area contributed by atoms with Crippen molar-refractivity contribution in [3.63, 3.8) is 0 Å². The number of rotatable bonds is 8. The van der Waals surface area contributed by atoms with Crippen molar-refractivity contribution >= 4 is 6.21 Å². The number of likely N-dealkylation sites (N-methyl/N-ethyl adjacent to an activating group) is 1. The van der Waals surface area contributed by atoms with Gasteiger partial charge in [0.1, 0.15) is 0 Å². The quantitative estimate of drug-likeness (QED) is 0.392. The molecule has 1 aromatic rings. The molecule has 0 N–H and O–H groups in total. The van der Waals surface area contributed by atoms with Gasteiger partial charge in [0.25, 0.3) is 0 Å². The number of hydrogen-bond acceptors (Lipinski definition) is 3. The van der Waals surface area contributed by atoms with Gasteiger partial charge in [-0.3, -0.25) is 5.01 Å². The van der Waals surface area contributed by atoms with Gasteiger partial charge in [-0.15, -0.1) is 0 Å². The van der Waals surface area contributed by atoms with Crippen LogP contribution in [0, 0.1) is 0 Å². The molecular formula is C14H22N2O. The minimum Gasteiger partial charge on any atom is -0.380 e. The number of hydrogen-bond donors (Lipinski definition) is 0. The fraction of sp³-hybridized carbons (Fsp3) is 0.500. The second-order valence-corrected chi connectivity index (χ2v) is 3.90. The summed E-state index contributed by atoms with van der Waals surface area (Å²) in [6.45, 7) is 4.35. The molecule has 0 aromatic heterocycles. The first-order valence-corrected chi connectivity index (χ1v) is 6.18. The Morgan fingerprint density at radius 1 is 1.29 bits per heavy atom. The van der Waals surface area contributed by atoms with Crippen LogP contribution in [0.2, 0.25) is 0 Å². The topological polar surface area (TPSA) is 24.8 Å². The zero-order valence-electron chi connectivity index (χ0n) is 10.8. The monoisotopic (exact) mass is 234 g/mol. The van der Waals surface area contributed by atoms with Crippen molar-refractivity contribution in [2.24, 2.45) is 5.10 Å². The highest BCUT2D eigenvalue weighted by Crippen LogP contribution is 2.00. The lowest BCUT2D eigenvalue weighted by molar-refractivity contribution is 0.123. The van der Waals surface area contributed by atoms with Crippen LogP contribution in [0.25, 0.3) is 0 Å². The Morgan fingerprint density at radius 3 is 2.76 bits per heavy atom. The van der Waals surface area contributed by atoms with Crippen molar-refractivity contribution in [1.82, 2.24) is 5.01 Å². The molecule has 3 heteroatoms. The molecule has 17 heavy (non-hydrogen) atoms. The van der Waals surface area contributed by atoms with Crippen LogP contribution in [0.15, 0.2) is 35.4 Å². The summed E-state index contributed by atoms with van der Waals surface area (Å²) in [5.41, 5.74) is 1.36. The molecule has 1 aromatic carbocycles. The van der Waals surface area contributed by atoms with E-state index in [1.807, 2.05) is 31.3 Å². The molecule has 0 atom stereocenters. The summed E-state index contributed by atoms with van der Waals surface area (Å²) < 4.78 is 5.26. The molecule has 1 rings (SSSR count). The minimum absolute atomic E-state index is 0.739. The Balaban J connectivity index is 2.13. The molecule has 0 saturated carbocycles. The molecule has 0 fully saturated rings. The number of ether oxygens (including phenoxy) is 1. The van der Waals surface area contributed by atoms with Crippen molar-refractivity contribution in [1.29, 1.82) is 0 Å². The number of hydrazone groups is 1. The minimum atomic E-state index is 0.739. The lowest BCUT2D eigenvalue weighted by Crippen LogP contribution is -2.17. The van der Waals surface area contributed by atoms with Crippen molar-refractivity contribution in [2.45, 2.75) is 19.8 Å². The fourth-order valence-corrected chi connectivity index (χ4v) is 1.47. The molecule has 0 radical (unpaired) electrons. The first kappa shape index (κ1) is 13.7. The van der Waals surface area contributed by atoms with Crippen molar-refractivity contribution in [3.8, 4) is 0 Å². The summed E-state index contributed by atoms with van der Waals surface area (Å²) >= 11 is 0. The third kappa shape index (κ3) is 6.74. The standard InChI is InChI=1S/C14H22N2O/c1-3-17-13-12-16(2)15-11-7-10-14-8-5-4-6-9-14/h4-6,8-9,11H,3,7,10,12-13H2,1-2H3/b15-11+. The van der Waals surface area contributed by atoms with E-state index < -0.39 is 0 Å². The van der Waals surface area contributed by atoms with Crippen LogP contribution < -0.4 is 0 Å². The van der Waals surface area contributed by atoms with Crippen LogP contribution >= 0.6 is 0 Å². The molecular weight excluding hydrogens is 212 g/mol. The van der Waals surface area contributed by atoms with Gasteiger partial charge < -0.3 is 4.74 Å². The predicted octanol–water partition coefficient (Wildman–Crippen LogP) is 2.57. The van der Waals surface area contributed by atoms with E-state index in [0.717, 1.165) is 32.6 Å². The molecule has 94 valence electrons. The molecule has 0 saturated heterocycles. The average Bonchev–Trinajstić information content (AvgIpc) is 2.36. The third-order valence-electron chi connectivity index (χ3n) is 2.45. The SMILES string of the molecule is CCOCCN(C)/N=C/CCc1ccccc1. The van der Waals surface area contributed by atoms with E-state index in [-0.39, 0.29) is 0 Å². The van der Waals surface area contributed by atoms with Gasteiger partial charge in [-0.2, -0.15) is 5.10 Å². The van der Waals surface area contributed by atoms with Crippen molar-refractivity contribution < 1.29 is 4.74 Å². The van der Waals surface area contributed by atoms with E-state index >= 15 is 0 Å². The largest absolute Gasteiger partial charge is 0.380 e. The summed E-state index contributed by atoms with van der Waals surface area (Å²) in [5, 5.41) is 6.26. The van der Waals surface area contributed by atoms with Crippen LogP contribution in [0.3, 0.4) is 0 Å². The van der Waals surface area contributed by atoms with Crippen LogP contribution in [0.1, 0.15) is 18.9 Å². The van der Waals surface area contributed by atoms with Crippen LogP contribution in [-0.2, 0) is 11.2 Å². The maximum atomic E-state index is 5.26. The summed E-state index contributed by atoms with van der Waals surface area (Å²) in [5.74, 6) is 0. The molecule has 0 aliphatic heterocycles. The fourth-order valence-electron chi connectivity index (χ4n) is 1.47. The van der Waals surface area contributed by atoms with Gasteiger partial charge >= 0.3 is 0 Å². The lowest BCUT2D eigenvalue weighted by atomic mass is 10.1. The van der Waals surface area contributed by atoms with Crippen molar-refractivity contribution in [2.75, 3.05) is 26.8 Å². The van der Waals surface area contributed by atoms with E-state index in [9.17, 15) is 0 Å². The first-order chi connectivity index (χ1) is 8.33. The van der Waals surface area contributed by atoms with Gasteiger partial charge in [-0.1, -0.05) is 30.3 Å². The number of benzene rings is 1. The summed E-state index contributed by atoms with van der Waals surface area (Å²) in [7, 11) is 1.97. The van der Waals surface area contributed by atoms with Gasteiger partial charge in [-0.25, -0.2) is 0 Å². The average molecular weight is 234 g/mol. The van der Waals surface area contributed by atoms with E-state index in [0.29, 0.717) is 0 Å². The molecule has 0 spiro atoms. The predicted molar refractivity (Wildman–Crippen MR) is 72.4 cm³/mol. The molecule has 0 aliphatic rings. The van der Waals surface area contributed by atoms with Crippen molar-refractivity contribution in [3.05, 3.63) is 35.9 Å². The zero-order valence-corrected chi connectivity index (χ0v) is 10.8. The van der Waals surface area contributed by atoms with Gasteiger partial charge in [0.05, 0.1) is 13.2 Å². The third-order valence-corrected chi connectivity index (χ3v) is 2.45. The van der Waals surface area contributed by atoms with E-state index in [1.165, 1.54) is 5.56 Å². The molecule has 0 heterocycles. The van der Waals surface area contributed by atoms with Gasteiger partial charge in [0.15, 0.2) is 0 Å². The summed E-state index contributed by atoms with van der Waals surface area (Å²) in [4.78, 5) is 0. The van der Waals surface area contributed by atoms with Crippen LogP contribution in [0.5, 0.6) is 0 Å². The Hall–Kier alpha value is -1.35.